The molecule has 3 atom stereocenters. The Labute approximate surface area is 111 Å². The minimum Gasteiger partial charge on any atom is -0.348 e. The molecular formula is C14H16N4O. The SMILES string of the molecule is O=C(N[C@@H]1C[C@H]2CN[C@@H]1C2)c1ccc2nccn2c1. The van der Waals surface area contributed by atoms with E-state index in [0.717, 1.165) is 24.5 Å². The second-order valence-corrected chi connectivity index (χ2v) is 5.54. The lowest BCUT2D eigenvalue weighted by molar-refractivity contribution is 0.0928. The van der Waals surface area contributed by atoms with Gasteiger partial charge in [-0.05, 0) is 37.4 Å². The number of imidazole rings is 1. The van der Waals surface area contributed by atoms with Crippen LogP contribution in [0.25, 0.3) is 5.65 Å². The molecule has 1 aliphatic heterocycles. The summed E-state index contributed by atoms with van der Waals surface area (Å²) in [5, 5.41) is 6.61. The van der Waals surface area contributed by atoms with Crippen LogP contribution in [-0.2, 0) is 0 Å². The number of carbonyl (C=O) groups is 1. The van der Waals surface area contributed by atoms with Crippen molar-refractivity contribution in [2.75, 3.05) is 6.54 Å². The van der Waals surface area contributed by atoms with Crippen molar-refractivity contribution in [1.29, 1.82) is 0 Å². The van der Waals surface area contributed by atoms with Gasteiger partial charge in [-0.3, -0.25) is 4.79 Å². The zero-order valence-corrected chi connectivity index (χ0v) is 10.5. The summed E-state index contributed by atoms with van der Waals surface area (Å²) in [5.41, 5.74) is 1.55. The van der Waals surface area contributed by atoms with E-state index in [1.807, 2.05) is 28.9 Å². The molecule has 0 spiro atoms. The van der Waals surface area contributed by atoms with Gasteiger partial charge in [-0.1, -0.05) is 0 Å². The summed E-state index contributed by atoms with van der Waals surface area (Å²) in [6.07, 6.45) is 7.72. The van der Waals surface area contributed by atoms with Crippen molar-refractivity contribution in [2.24, 2.45) is 5.92 Å². The highest BCUT2D eigenvalue weighted by Crippen LogP contribution is 2.31. The summed E-state index contributed by atoms with van der Waals surface area (Å²) < 4.78 is 1.87. The van der Waals surface area contributed by atoms with Gasteiger partial charge in [0.2, 0.25) is 0 Å². The maximum Gasteiger partial charge on any atom is 0.253 e. The fraction of sp³-hybridized carbons (Fsp3) is 0.429. The molecule has 1 saturated heterocycles. The Hall–Kier alpha value is -1.88. The molecule has 1 aliphatic carbocycles. The Morgan fingerprint density at radius 3 is 3.16 bits per heavy atom. The number of pyridine rings is 1. The van der Waals surface area contributed by atoms with Gasteiger partial charge in [0.25, 0.3) is 5.91 Å². The lowest BCUT2D eigenvalue weighted by Crippen LogP contribution is -2.47. The molecule has 2 aromatic heterocycles. The number of nitrogens with zero attached hydrogens (tertiary/aromatic N) is 2. The van der Waals surface area contributed by atoms with Gasteiger partial charge in [-0.2, -0.15) is 0 Å². The number of carbonyl (C=O) groups excluding carboxylic acids is 1. The Bertz CT molecular complexity index is 635. The fourth-order valence-electron chi connectivity index (χ4n) is 3.32. The van der Waals surface area contributed by atoms with Crippen LogP contribution in [0.3, 0.4) is 0 Å². The average molecular weight is 256 g/mol. The van der Waals surface area contributed by atoms with E-state index in [-0.39, 0.29) is 11.9 Å². The molecule has 1 amide bonds. The van der Waals surface area contributed by atoms with Crippen LogP contribution in [0.2, 0.25) is 0 Å². The zero-order valence-electron chi connectivity index (χ0n) is 10.5. The van der Waals surface area contributed by atoms with Crippen LogP contribution in [0.5, 0.6) is 0 Å². The van der Waals surface area contributed by atoms with E-state index in [1.165, 1.54) is 6.42 Å². The van der Waals surface area contributed by atoms with E-state index >= 15 is 0 Å². The lowest BCUT2D eigenvalue weighted by atomic mass is 10.1. The number of fused-ring (bicyclic) bond motifs is 3. The zero-order chi connectivity index (χ0) is 12.8. The first kappa shape index (κ1) is 11.0. The second kappa shape index (κ2) is 4.06. The van der Waals surface area contributed by atoms with Gasteiger partial charge in [0.05, 0.1) is 5.56 Å². The van der Waals surface area contributed by atoms with Crippen LogP contribution in [-0.4, -0.2) is 33.9 Å². The second-order valence-electron chi connectivity index (χ2n) is 5.54. The molecule has 3 heterocycles. The van der Waals surface area contributed by atoms with Crippen LogP contribution in [0.4, 0.5) is 0 Å². The molecule has 19 heavy (non-hydrogen) atoms. The van der Waals surface area contributed by atoms with Crippen molar-refractivity contribution in [2.45, 2.75) is 24.9 Å². The topological polar surface area (TPSA) is 58.4 Å². The summed E-state index contributed by atoms with van der Waals surface area (Å²) in [4.78, 5) is 16.4. The summed E-state index contributed by atoms with van der Waals surface area (Å²) in [6.45, 7) is 1.11. The van der Waals surface area contributed by atoms with E-state index in [1.54, 1.807) is 6.20 Å². The van der Waals surface area contributed by atoms with Crippen molar-refractivity contribution in [3.63, 3.8) is 0 Å². The van der Waals surface area contributed by atoms with Gasteiger partial charge < -0.3 is 15.0 Å². The van der Waals surface area contributed by atoms with Crippen LogP contribution in [0.15, 0.2) is 30.7 Å². The van der Waals surface area contributed by atoms with Gasteiger partial charge in [0.1, 0.15) is 5.65 Å². The molecule has 2 bridgehead atoms. The van der Waals surface area contributed by atoms with Crippen LogP contribution < -0.4 is 10.6 Å². The van der Waals surface area contributed by atoms with Gasteiger partial charge in [-0.15, -0.1) is 0 Å². The van der Waals surface area contributed by atoms with Crippen molar-refractivity contribution in [3.05, 3.63) is 36.3 Å². The van der Waals surface area contributed by atoms with Crippen molar-refractivity contribution in [3.8, 4) is 0 Å². The van der Waals surface area contributed by atoms with E-state index < -0.39 is 0 Å². The van der Waals surface area contributed by atoms with E-state index in [0.29, 0.717) is 11.6 Å². The molecule has 98 valence electrons. The molecule has 5 nitrogen and oxygen atoms in total. The highest BCUT2D eigenvalue weighted by Gasteiger charge is 2.40. The number of amides is 1. The third-order valence-corrected chi connectivity index (χ3v) is 4.30. The van der Waals surface area contributed by atoms with Crippen molar-refractivity contribution in [1.82, 2.24) is 20.0 Å². The third-order valence-electron chi connectivity index (χ3n) is 4.30. The molecule has 1 saturated carbocycles. The first-order valence-electron chi connectivity index (χ1n) is 6.76. The minimum atomic E-state index is 0.00921. The highest BCUT2D eigenvalue weighted by atomic mass is 16.1. The molecular weight excluding hydrogens is 240 g/mol. The number of hydrogen-bond donors (Lipinski definition) is 2. The molecule has 0 aromatic carbocycles. The molecule has 2 fully saturated rings. The van der Waals surface area contributed by atoms with Gasteiger partial charge in [0.15, 0.2) is 0 Å². The van der Waals surface area contributed by atoms with E-state index in [4.69, 9.17) is 0 Å². The molecule has 2 aromatic rings. The molecule has 4 rings (SSSR count). The molecule has 2 N–H and O–H groups in total. The lowest BCUT2D eigenvalue weighted by Gasteiger charge is -2.23. The van der Waals surface area contributed by atoms with Gasteiger partial charge in [-0.25, -0.2) is 4.98 Å². The Morgan fingerprint density at radius 1 is 1.42 bits per heavy atom. The molecule has 0 unspecified atom stereocenters. The predicted molar refractivity (Wildman–Crippen MR) is 71.0 cm³/mol. The quantitative estimate of drug-likeness (QED) is 0.836. The van der Waals surface area contributed by atoms with Crippen LogP contribution in [0, 0.1) is 5.92 Å². The number of rotatable bonds is 2. The smallest absolute Gasteiger partial charge is 0.253 e. The summed E-state index contributed by atoms with van der Waals surface area (Å²) in [6, 6.07) is 4.45. The number of piperidine rings is 1. The normalized spacial score (nSPS) is 28.9. The number of nitrogens with one attached hydrogen (secondary N) is 2. The van der Waals surface area contributed by atoms with E-state index in [9.17, 15) is 4.79 Å². The van der Waals surface area contributed by atoms with E-state index in [2.05, 4.69) is 15.6 Å². The maximum absolute atomic E-state index is 12.3. The summed E-state index contributed by atoms with van der Waals surface area (Å²) in [7, 11) is 0. The summed E-state index contributed by atoms with van der Waals surface area (Å²) in [5.74, 6) is 0.751. The van der Waals surface area contributed by atoms with Gasteiger partial charge in [0, 0.05) is 30.7 Å². The predicted octanol–water partition coefficient (Wildman–Crippen LogP) is 0.814. The fourth-order valence-corrected chi connectivity index (χ4v) is 3.32. The molecule has 2 aliphatic rings. The Kier molecular flexibility index (Phi) is 2.35. The first-order valence-corrected chi connectivity index (χ1v) is 6.76. The Balaban J connectivity index is 1.53. The number of hydrogen-bond acceptors (Lipinski definition) is 3. The third kappa shape index (κ3) is 1.81. The standard InChI is InChI=1S/C14H16N4O/c19-14(17-12-6-9-5-11(12)16-7-9)10-1-2-13-15-3-4-18(13)8-10/h1-4,8-9,11-12,16H,5-7H2,(H,17,19)/t9-,11+,12+/m0/s1. The van der Waals surface area contributed by atoms with Crippen molar-refractivity contribution < 1.29 is 4.79 Å². The molecule has 5 heteroatoms. The molecule has 0 radical (unpaired) electrons. The highest BCUT2D eigenvalue weighted by molar-refractivity contribution is 5.94. The maximum atomic E-state index is 12.3. The largest absolute Gasteiger partial charge is 0.348 e. The monoisotopic (exact) mass is 256 g/mol. The first-order chi connectivity index (χ1) is 9.29. The average Bonchev–Trinajstić information content (AvgIpc) is 3.13. The van der Waals surface area contributed by atoms with Gasteiger partial charge >= 0.3 is 0 Å². The minimum absolute atomic E-state index is 0.00921. The van der Waals surface area contributed by atoms with Crippen LogP contribution >= 0.6 is 0 Å². The van der Waals surface area contributed by atoms with Crippen molar-refractivity contribution >= 4 is 11.6 Å². The van der Waals surface area contributed by atoms with Crippen LogP contribution in [0.1, 0.15) is 23.2 Å². The number of aromatic nitrogens is 2. The summed E-state index contributed by atoms with van der Waals surface area (Å²) >= 11 is 0. The Morgan fingerprint density at radius 2 is 2.37 bits per heavy atom.